The lowest BCUT2D eigenvalue weighted by molar-refractivity contribution is 0.292. The summed E-state index contributed by atoms with van der Waals surface area (Å²) in [6, 6.07) is 0.217. The van der Waals surface area contributed by atoms with Crippen molar-refractivity contribution < 1.29 is 12.9 Å². The fourth-order valence-corrected chi connectivity index (χ4v) is 4.18. The van der Waals surface area contributed by atoms with Gasteiger partial charge >= 0.3 is 0 Å². The van der Waals surface area contributed by atoms with Gasteiger partial charge < -0.3 is 9.84 Å². The van der Waals surface area contributed by atoms with Crippen LogP contribution in [0.15, 0.2) is 9.42 Å². The van der Waals surface area contributed by atoms with E-state index in [1.807, 2.05) is 7.05 Å². The maximum absolute atomic E-state index is 12.5. The molecule has 6 nitrogen and oxygen atoms in total. The lowest BCUT2D eigenvalue weighted by Gasteiger charge is -2.31. The van der Waals surface area contributed by atoms with E-state index in [1.54, 1.807) is 13.8 Å². The summed E-state index contributed by atoms with van der Waals surface area (Å²) in [5.41, 5.74) is 0.430. The molecule has 7 heteroatoms. The van der Waals surface area contributed by atoms with E-state index in [0.717, 1.165) is 12.8 Å². The molecule has 1 aromatic rings. The second-order valence-electron chi connectivity index (χ2n) is 4.64. The fourth-order valence-electron chi connectivity index (χ4n) is 2.37. The van der Waals surface area contributed by atoms with E-state index in [1.165, 1.54) is 4.31 Å². The summed E-state index contributed by atoms with van der Waals surface area (Å²) >= 11 is 0. The smallest absolute Gasteiger partial charge is 0.248 e. The maximum Gasteiger partial charge on any atom is 0.248 e. The van der Waals surface area contributed by atoms with Gasteiger partial charge in [0.1, 0.15) is 10.6 Å². The van der Waals surface area contributed by atoms with E-state index in [4.69, 9.17) is 4.52 Å². The monoisotopic (exact) mass is 273 g/mol. The molecule has 1 fully saturated rings. The number of aromatic nitrogens is 1. The van der Waals surface area contributed by atoms with Crippen LogP contribution in [0.2, 0.25) is 0 Å². The molecule has 0 radical (unpaired) electrons. The van der Waals surface area contributed by atoms with E-state index >= 15 is 0 Å². The first kappa shape index (κ1) is 13.5. The SMILES string of the molecule is CNC1CCCN(S(=O)(=O)c2c(C)noc2C)C1. The van der Waals surface area contributed by atoms with Gasteiger partial charge in [0.05, 0.1) is 0 Å². The molecule has 1 N–H and O–H groups in total. The molecule has 0 aromatic carbocycles. The van der Waals surface area contributed by atoms with Gasteiger partial charge in [-0.25, -0.2) is 8.42 Å². The summed E-state index contributed by atoms with van der Waals surface area (Å²) in [5.74, 6) is 0.360. The predicted molar refractivity (Wildman–Crippen MR) is 66.8 cm³/mol. The summed E-state index contributed by atoms with van der Waals surface area (Å²) in [4.78, 5) is 0.222. The quantitative estimate of drug-likeness (QED) is 0.875. The van der Waals surface area contributed by atoms with Gasteiger partial charge in [-0.1, -0.05) is 5.16 Å². The first-order chi connectivity index (χ1) is 8.46. The predicted octanol–water partition coefficient (Wildman–Crippen LogP) is 0.664. The zero-order valence-electron chi connectivity index (χ0n) is 10.9. The third-order valence-electron chi connectivity index (χ3n) is 3.36. The van der Waals surface area contributed by atoms with Crippen molar-refractivity contribution in [3.63, 3.8) is 0 Å². The molecule has 2 heterocycles. The summed E-state index contributed by atoms with van der Waals surface area (Å²) in [6.07, 6.45) is 1.87. The van der Waals surface area contributed by atoms with E-state index < -0.39 is 10.0 Å². The van der Waals surface area contributed by atoms with Crippen molar-refractivity contribution >= 4 is 10.0 Å². The van der Waals surface area contributed by atoms with Crippen LogP contribution in [0.4, 0.5) is 0 Å². The third kappa shape index (κ3) is 2.30. The van der Waals surface area contributed by atoms with Gasteiger partial charge in [0.25, 0.3) is 0 Å². The number of aryl methyl sites for hydroxylation is 2. The first-order valence-corrected chi connectivity index (χ1v) is 7.51. The molecule has 0 spiro atoms. The third-order valence-corrected chi connectivity index (χ3v) is 5.47. The minimum absolute atomic E-state index is 0.217. The Morgan fingerprint density at radius 2 is 2.17 bits per heavy atom. The Hall–Kier alpha value is -0.920. The van der Waals surface area contributed by atoms with Gasteiger partial charge in [-0.15, -0.1) is 0 Å². The molecule has 1 atom stereocenters. The van der Waals surface area contributed by atoms with Crippen LogP contribution in [-0.2, 0) is 10.0 Å². The average molecular weight is 273 g/mol. The molecule has 0 amide bonds. The molecule has 0 saturated carbocycles. The minimum Gasteiger partial charge on any atom is -0.360 e. The molecule has 0 aliphatic carbocycles. The Kier molecular flexibility index (Phi) is 3.74. The molecule has 1 saturated heterocycles. The average Bonchev–Trinajstić information content (AvgIpc) is 2.69. The summed E-state index contributed by atoms with van der Waals surface area (Å²) in [7, 11) is -1.63. The summed E-state index contributed by atoms with van der Waals surface area (Å²) in [6.45, 7) is 4.35. The Bertz CT molecular complexity index is 504. The van der Waals surface area contributed by atoms with E-state index in [9.17, 15) is 8.42 Å². The second kappa shape index (κ2) is 4.99. The molecule has 2 rings (SSSR count). The Labute approximate surface area is 107 Å². The van der Waals surface area contributed by atoms with E-state index in [-0.39, 0.29) is 10.9 Å². The highest BCUT2D eigenvalue weighted by molar-refractivity contribution is 7.89. The zero-order valence-corrected chi connectivity index (χ0v) is 11.7. The number of likely N-dealkylation sites (N-methyl/N-ethyl adjacent to an activating group) is 1. The Morgan fingerprint density at radius 3 is 2.72 bits per heavy atom. The lowest BCUT2D eigenvalue weighted by atomic mass is 10.1. The highest BCUT2D eigenvalue weighted by Gasteiger charge is 2.33. The van der Waals surface area contributed by atoms with Gasteiger partial charge in [-0.3, -0.25) is 0 Å². The van der Waals surface area contributed by atoms with Crippen molar-refractivity contribution in [2.24, 2.45) is 0 Å². The van der Waals surface area contributed by atoms with E-state index in [0.29, 0.717) is 24.5 Å². The van der Waals surface area contributed by atoms with Crippen LogP contribution in [0, 0.1) is 13.8 Å². The molecule has 1 aliphatic rings. The van der Waals surface area contributed by atoms with Crippen LogP contribution < -0.4 is 5.32 Å². The van der Waals surface area contributed by atoms with Crippen LogP contribution in [0.25, 0.3) is 0 Å². The number of nitrogens with one attached hydrogen (secondary N) is 1. The molecule has 1 aromatic heterocycles. The molecule has 18 heavy (non-hydrogen) atoms. The topological polar surface area (TPSA) is 75.4 Å². The normalized spacial score (nSPS) is 22.3. The number of hydrogen-bond acceptors (Lipinski definition) is 5. The van der Waals surface area contributed by atoms with Crippen LogP contribution in [-0.4, -0.2) is 44.1 Å². The highest BCUT2D eigenvalue weighted by atomic mass is 32.2. The van der Waals surface area contributed by atoms with Crippen LogP contribution >= 0.6 is 0 Å². The van der Waals surface area contributed by atoms with Gasteiger partial charge in [0.2, 0.25) is 10.0 Å². The van der Waals surface area contributed by atoms with E-state index in [2.05, 4.69) is 10.5 Å². The molecule has 102 valence electrons. The molecule has 1 unspecified atom stereocenters. The molecular weight excluding hydrogens is 254 g/mol. The first-order valence-electron chi connectivity index (χ1n) is 6.07. The number of rotatable bonds is 3. The van der Waals surface area contributed by atoms with Crippen molar-refractivity contribution in [1.82, 2.24) is 14.8 Å². The zero-order chi connectivity index (χ0) is 13.3. The number of piperidine rings is 1. The van der Waals surface area contributed by atoms with Gasteiger partial charge in [0.15, 0.2) is 5.76 Å². The van der Waals surface area contributed by atoms with Crippen molar-refractivity contribution in [3.8, 4) is 0 Å². The van der Waals surface area contributed by atoms with Crippen molar-refractivity contribution in [3.05, 3.63) is 11.5 Å². The largest absolute Gasteiger partial charge is 0.360 e. The Morgan fingerprint density at radius 1 is 1.44 bits per heavy atom. The van der Waals surface area contributed by atoms with Crippen LogP contribution in [0.3, 0.4) is 0 Å². The molecular formula is C11H19N3O3S. The highest BCUT2D eigenvalue weighted by Crippen LogP contribution is 2.25. The van der Waals surface area contributed by atoms with Gasteiger partial charge in [-0.2, -0.15) is 4.31 Å². The number of nitrogens with zero attached hydrogens (tertiary/aromatic N) is 2. The molecule has 0 bridgehead atoms. The van der Waals surface area contributed by atoms with Crippen molar-refractivity contribution in [1.29, 1.82) is 0 Å². The standard InChI is InChI=1S/C11H19N3O3S/c1-8-11(9(2)17-13-8)18(15,16)14-6-4-5-10(7-14)12-3/h10,12H,4-7H2,1-3H3. The second-order valence-corrected chi connectivity index (χ2v) is 6.52. The number of hydrogen-bond donors (Lipinski definition) is 1. The van der Waals surface area contributed by atoms with Gasteiger partial charge in [-0.05, 0) is 33.7 Å². The molecule has 1 aliphatic heterocycles. The number of sulfonamides is 1. The van der Waals surface area contributed by atoms with Gasteiger partial charge in [0, 0.05) is 19.1 Å². The maximum atomic E-state index is 12.5. The fraction of sp³-hybridized carbons (Fsp3) is 0.727. The van der Waals surface area contributed by atoms with Crippen LogP contribution in [0.5, 0.6) is 0 Å². The summed E-state index contributed by atoms with van der Waals surface area (Å²) < 4.78 is 31.6. The van der Waals surface area contributed by atoms with Crippen molar-refractivity contribution in [2.75, 3.05) is 20.1 Å². The summed E-state index contributed by atoms with van der Waals surface area (Å²) in [5, 5.41) is 6.86. The lowest BCUT2D eigenvalue weighted by Crippen LogP contribution is -2.47. The Balaban J connectivity index is 2.31. The van der Waals surface area contributed by atoms with Crippen LogP contribution in [0.1, 0.15) is 24.3 Å². The van der Waals surface area contributed by atoms with Crippen molar-refractivity contribution in [2.45, 2.75) is 37.6 Å². The minimum atomic E-state index is -3.49.